The van der Waals surface area contributed by atoms with Crippen LogP contribution in [-0.2, 0) is 41.2 Å². The average Bonchev–Trinajstić information content (AvgIpc) is 3.77. The van der Waals surface area contributed by atoms with Crippen molar-refractivity contribution in [1.82, 2.24) is 0 Å². The van der Waals surface area contributed by atoms with Crippen molar-refractivity contribution < 1.29 is 54.5 Å². The van der Waals surface area contributed by atoms with Crippen molar-refractivity contribution in [3.8, 4) is 0 Å². The molecule has 4 N–H and O–H groups in total. The Bertz CT molecular complexity index is 1390. The Morgan fingerprint density at radius 2 is 0.870 bits per heavy atom. The highest BCUT2D eigenvalue weighted by Gasteiger charge is 2.21. The lowest BCUT2D eigenvalue weighted by molar-refractivity contribution is -0.154. The van der Waals surface area contributed by atoms with Gasteiger partial charge in [-0.05, 0) is 43.5 Å². The lowest BCUT2D eigenvalue weighted by Crippen LogP contribution is -2.17. The van der Waals surface area contributed by atoms with Gasteiger partial charge in [0.2, 0.25) is 12.6 Å². The number of aliphatic hydroxyl groups is 2. The van der Waals surface area contributed by atoms with E-state index in [-0.39, 0.29) is 29.1 Å². The quantitative estimate of drug-likeness (QED) is 0.0303. The number of ether oxygens (including phenoxy) is 2. The van der Waals surface area contributed by atoms with Gasteiger partial charge in [-0.15, -0.1) is 0 Å². The molecule has 0 aromatic carbocycles. The molecule has 2 aromatic heterocycles. The van der Waals surface area contributed by atoms with Crippen LogP contribution in [0.5, 0.6) is 0 Å². The molecule has 0 radical (unpaired) electrons. The van der Waals surface area contributed by atoms with Gasteiger partial charge in [-0.2, -0.15) is 16.8 Å². The van der Waals surface area contributed by atoms with Gasteiger partial charge in [-0.3, -0.25) is 9.11 Å². The molecule has 0 saturated carbocycles. The molecule has 2 aromatic rings. The molecule has 0 saturated heterocycles. The maximum absolute atomic E-state index is 10.9. The lowest BCUT2D eigenvalue weighted by atomic mass is 10.0. The molecule has 54 heavy (non-hydrogen) atoms. The smallest absolute Gasteiger partial charge is 0.272 e. The maximum Gasteiger partial charge on any atom is 0.272 e. The zero-order valence-electron chi connectivity index (χ0n) is 33.3. The Balaban J connectivity index is 0.000000540. The molecular weight excluding hydrogens is 737 g/mol. The van der Waals surface area contributed by atoms with Crippen molar-refractivity contribution in [3.63, 3.8) is 0 Å². The normalized spacial score (nSPS) is 13.8. The minimum Gasteiger partial charge on any atom is -0.459 e. The van der Waals surface area contributed by atoms with Crippen LogP contribution in [0, 0.1) is 0 Å². The van der Waals surface area contributed by atoms with E-state index in [9.17, 15) is 27.0 Å². The molecule has 0 amide bonds. The summed E-state index contributed by atoms with van der Waals surface area (Å²) in [5, 5.41) is 20.2. The Labute approximate surface area is 326 Å². The average molecular weight is 809 g/mol. The fourth-order valence-corrected chi connectivity index (χ4v) is 7.12. The Morgan fingerprint density at radius 3 is 1.28 bits per heavy atom. The zero-order chi connectivity index (χ0) is 40.1. The van der Waals surface area contributed by atoms with Crippen LogP contribution in [0.15, 0.2) is 33.1 Å². The summed E-state index contributed by atoms with van der Waals surface area (Å²) in [6.45, 7) is 7.03. The molecule has 14 heteroatoms. The first-order chi connectivity index (χ1) is 25.8. The molecule has 0 fully saturated rings. The third-order valence-corrected chi connectivity index (χ3v) is 10.4. The predicted octanol–water partition coefficient (Wildman–Crippen LogP) is 10.8. The number of furan rings is 2. The third kappa shape index (κ3) is 27.7. The molecule has 0 bridgehead atoms. The van der Waals surface area contributed by atoms with Gasteiger partial charge in [0.15, 0.2) is 11.5 Å². The van der Waals surface area contributed by atoms with Crippen LogP contribution < -0.4 is 0 Å². The van der Waals surface area contributed by atoms with Gasteiger partial charge in [0.05, 0.1) is 12.7 Å². The monoisotopic (exact) mass is 808 g/mol. The van der Waals surface area contributed by atoms with Crippen molar-refractivity contribution in [2.24, 2.45) is 0 Å². The van der Waals surface area contributed by atoms with Crippen LogP contribution in [0.2, 0.25) is 0 Å². The van der Waals surface area contributed by atoms with Crippen molar-refractivity contribution in [3.05, 3.63) is 47.3 Å². The van der Waals surface area contributed by atoms with Gasteiger partial charge in [0.25, 0.3) is 20.2 Å². The number of aliphatic hydroxyl groups excluding tert-OH is 2. The molecule has 2 heterocycles. The second kappa shape index (κ2) is 30.4. The van der Waals surface area contributed by atoms with Crippen LogP contribution >= 0.6 is 0 Å². The van der Waals surface area contributed by atoms with Gasteiger partial charge in [0, 0.05) is 0 Å². The topological polar surface area (TPSA) is 194 Å². The number of hydrogen-bond acceptors (Lipinski definition) is 10. The van der Waals surface area contributed by atoms with Gasteiger partial charge in [-0.1, -0.05) is 149 Å². The minimum absolute atomic E-state index is 0.0476. The van der Waals surface area contributed by atoms with E-state index in [0.717, 1.165) is 51.4 Å². The van der Waals surface area contributed by atoms with E-state index in [1.807, 2.05) is 0 Å². The van der Waals surface area contributed by atoms with Gasteiger partial charge < -0.3 is 28.5 Å². The summed E-state index contributed by atoms with van der Waals surface area (Å²) in [6.07, 6.45) is 24.9. The first-order valence-electron chi connectivity index (χ1n) is 20.5. The standard InChI is InChI=1S/2C20H36O6S/c1-3-5-7-9-11-13-17(12-10-8-6-4-2)26-20(21)19-15-14-18(25-19)16-27(22,23)24;1-2-3-4-5-6-7-8-9-10-11-12-13-16-25-20(21)19-15-14-18(26-19)17-27(22,23)24/h14-15,17,20-21H,3-13,16H2,1-2H3,(H,22,23,24);14-15,20-21H,2-13,16-17H2,1H3,(H,22,23,24). The van der Waals surface area contributed by atoms with Crippen LogP contribution in [0.4, 0.5) is 0 Å². The number of hydrogen-bond donors (Lipinski definition) is 4. The van der Waals surface area contributed by atoms with Crippen LogP contribution in [0.25, 0.3) is 0 Å². The molecule has 3 unspecified atom stereocenters. The highest BCUT2D eigenvalue weighted by atomic mass is 32.2. The van der Waals surface area contributed by atoms with E-state index in [1.54, 1.807) is 0 Å². The van der Waals surface area contributed by atoms with Crippen LogP contribution in [-0.4, -0.2) is 48.9 Å². The zero-order valence-corrected chi connectivity index (χ0v) is 34.9. The minimum atomic E-state index is -4.17. The predicted molar refractivity (Wildman–Crippen MR) is 212 cm³/mol. The number of rotatable bonds is 33. The molecule has 2 rings (SSSR count). The third-order valence-electron chi connectivity index (χ3n) is 9.11. The van der Waals surface area contributed by atoms with E-state index in [1.165, 1.54) is 121 Å². The summed E-state index contributed by atoms with van der Waals surface area (Å²) in [6, 6.07) is 5.77. The summed E-state index contributed by atoms with van der Waals surface area (Å²) >= 11 is 0. The lowest BCUT2D eigenvalue weighted by Gasteiger charge is -2.21. The van der Waals surface area contributed by atoms with E-state index < -0.39 is 44.3 Å². The molecule has 0 spiro atoms. The van der Waals surface area contributed by atoms with E-state index >= 15 is 0 Å². The SMILES string of the molecule is CCCCCCCC(CCCCCC)OC(O)c1ccc(CS(=O)(=O)O)o1.CCCCCCCCCCCCCCOC(O)c1ccc(CS(=O)(=O)O)o1. The van der Waals surface area contributed by atoms with Crippen molar-refractivity contribution in [2.45, 2.75) is 199 Å². The molecule has 0 aliphatic carbocycles. The largest absolute Gasteiger partial charge is 0.459 e. The second-order valence-electron chi connectivity index (χ2n) is 14.3. The molecule has 316 valence electrons. The maximum atomic E-state index is 10.9. The fourth-order valence-electron chi connectivity index (χ4n) is 6.09. The first kappa shape index (κ1) is 50.2. The van der Waals surface area contributed by atoms with Crippen molar-refractivity contribution in [1.29, 1.82) is 0 Å². The second-order valence-corrected chi connectivity index (χ2v) is 17.2. The highest BCUT2D eigenvalue weighted by molar-refractivity contribution is 7.85. The molecule has 0 aliphatic rings. The van der Waals surface area contributed by atoms with Crippen LogP contribution in [0.3, 0.4) is 0 Å². The summed E-state index contributed by atoms with van der Waals surface area (Å²) < 4.78 is 82.7. The highest BCUT2D eigenvalue weighted by Crippen LogP contribution is 2.25. The fraction of sp³-hybridized carbons (Fsp3) is 0.800. The number of unbranched alkanes of at least 4 members (excludes halogenated alkanes) is 18. The van der Waals surface area contributed by atoms with Gasteiger partial charge >= 0.3 is 0 Å². The van der Waals surface area contributed by atoms with E-state index in [4.69, 9.17) is 27.4 Å². The van der Waals surface area contributed by atoms with Gasteiger partial charge in [0.1, 0.15) is 23.0 Å². The van der Waals surface area contributed by atoms with E-state index in [2.05, 4.69) is 20.8 Å². The molecule has 3 atom stereocenters. The van der Waals surface area contributed by atoms with E-state index in [0.29, 0.717) is 6.61 Å². The summed E-state index contributed by atoms with van der Waals surface area (Å²) in [5.41, 5.74) is 0. The molecule has 0 aliphatic heterocycles. The summed E-state index contributed by atoms with van der Waals surface area (Å²) in [4.78, 5) is 0. The summed E-state index contributed by atoms with van der Waals surface area (Å²) in [7, 11) is -8.31. The molecular formula is C40H72O12S2. The molecule has 12 nitrogen and oxygen atoms in total. The summed E-state index contributed by atoms with van der Waals surface area (Å²) in [5.74, 6) is -0.767. The van der Waals surface area contributed by atoms with Crippen LogP contribution in [0.1, 0.15) is 204 Å². The van der Waals surface area contributed by atoms with Crippen molar-refractivity contribution in [2.75, 3.05) is 6.61 Å². The Morgan fingerprint density at radius 1 is 0.519 bits per heavy atom. The van der Waals surface area contributed by atoms with Crippen molar-refractivity contribution >= 4 is 20.2 Å². The first-order valence-corrected chi connectivity index (χ1v) is 23.7. The Hall–Kier alpha value is -1.78. The Kier molecular flexibility index (Phi) is 28.3. The van der Waals surface area contributed by atoms with Gasteiger partial charge in [-0.25, -0.2) is 0 Å².